The lowest BCUT2D eigenvalue weighted by Gasteiger charge is -2.06. The van der Waals surface area contributed by atoms with Crippen LogP contribution in [0.3, 0.4) is 0 Å². The van der Waals surface area contributed by atoms with Gasteiger partial charge in [0.25, 0.3) is 0 Å². The predicted octanol–water partition coefficient (Wildman–Crippen LogP) is 3.26. The Hall–Kier alpha value is -0.250. The molecule has 1 aromatic rings. The van der Waals surface area contributed by atoms with Crippen molar-refractivity contribution in [2.75, 3.05) is 0 Å². The normalized spacial score (nSPS) is 10.2. The number of aromatic hydroxyl groups is 1. The van der Waals surface area contributed by atoms with Gasteiger partial charge in [0, 0.05) is 0 Å². The van der Waals surface area contributed by atoms with Crippen molar-refractivity contribution in [2.45, 2.75) is 26.7 Å². The lowest BCUT2D eigenvalue weighted by atomic mass is 10.1. The fraction of sp³-hybridized carbons (Fsp3) is 0.400. The van der Waals surface area contributed by atoms with Gasteiger partial charge in [0.2, 0.25) is 0 Å². The summed E-state index contributed by atoms with van der Waals surface area (Å²) in [7, 11) is 0. The Morgan fingerprint density at radius 2 is 2.08 bits per heavy atom. The van der Waals surface area contributed by atoms with Gasteiger partial charge >= 0.3 is 0 Å². The maximum atomic E-state index is 9.50. The largest absolute Gasteiger partial charge is 0.507 e. The molecule has 12 heavy (non-hydrogen) atoms. The number of rotatable bonds is 2. The molecule has 0 amide bonds. The molecule has 0 fully saturated rings. The number of phenolic OH excluding ortho intramolecular Hbond substituents is 1. The minimum Gasteiger partial charge on any atom is -0.507 e. The smallest absolute Gasteiger partial charge is 0.129 e. The molecule has 0 unspecified atom stereocenters. The van der Waals surface area contributed by atoms with Gasteiger partial charge in [0.1, 0.15) is 5.75 Å². The lowest BCUT2D eigenvalue weighted by molar-refractivity contribution is 0.470. The van der Waals surface area contributed by atoms with E-state index in [4.69, 9.17) is 0 Å². The molecule has 0 atom stereocenters. The highest BCUT2D eigenvalue weighted by Gasteiger charge is 2.04. The van der Waals surface area contributed by atoms with Crippen molar-refractivity contribution in [1.29, 1.82) is 0 Å². The second-order valence-electron chi connectivity index (χ2n) is 3.01. The maximum Gasteiger partial charge on any atom is 0.129 e. The Kier molecular flexibility index (Phi) is 3.38. The van der Waals surface area contributed by atoms with Crippen LogP contribution in [0, 0.1) is 10.5 Å². The zero-order valence-corrected chi connectivity index (χ0v) is 9.55. The highest BCUT2D eigenvalue weighted by Crippen LogP contribution is 2.25. The van der Waals surface area contributed by atoms with Gasteiger partial charge in [0.05, 0.1) is 3.57 Å². The molecule has 0 aromatic heterocycles. The van der Waals surface area contributed by atoms with Crippen molar-refractivity contribution in [2.24, 2.45) is 0 Å². The van der Waals surface area contributed by atoms with E-state index < -0.39 is 0 Å². The van der Waals surface area contributed by atoms with E-state index in [1.165, 1.54) is 5.56 Å². The van der Waals surface area contributed by atoms with E-state index in [0.717, 1.165) is 22.0 Å². The van der Waals surface area contributed by atoms with Crippen molar-refractivity contribution in [3.05, 3.63) is 26.8 Å². The average molecular weight is 276 g/mol. The maximum absolute atomic E-state index is 9.50. The van der Waals surface area contributed by atoms with E-state index in [1.54, 1.807) is 6.07 Å². The standard InChI is InChI=1S/C10H13IO/c1-3-4-8-5-7(2)6-9(12)10(8)11/h5-6,12H,3-4H2,1-2H3. The molecule has 1 nitrogen and oxygen atoms in total. The topological polar surface area (TPSA) is 20.2 Å². The van der Waals surface area contributed by atoms with Crippen molar-refractivity contribution in [3.63, 3.8) is 0 Å². The van der Waals surface area contributed by atoms with Crippen LogP contribution in [-0.2, 0) is 6.42 Å². The molecule has 0 aliphatic heterocycles. The van der Waals surface area contributed by atoms with Gasteiger partial charge in [-0.25, -0.2) is 0 Å². The van der Waals surface area contributed by atoms with Gasteiger partial charge in [-0.2, -0.15) is 0 Å². The zero-order chi connectivity index (χ0) is 9.14. The summed E-state index contributed by atoms with van der Waals surface area (Å²) < 4.78 is 1.00. The number of hydrogen-bond donors (Lipinski definition) is 1. The van der Waals surface area contributed by atoms with Crippen LogP contribution in [0.2, 0.25) is 0 Å². The second-order valence-corrected chi connectivity index (χ2v) is 4.09. The van der Waals surface area contributed by atoms with Crippen molar-refractivity contribution in [3.8, 4) is 5.75 Å². The Labute approximate surface area is 86.9 Å². The van der Waals surface area contributed by atoms with Gasteiger partial charge in [-0.15, -0.1) is 0 Å². The third-order valence-corrected chi connectivity index (χ3v) is 3.04. The lowest BCUT2D eigenvalue weighted by Crippen LogP contribution is -1.90. The molecule has 0 spiro atoms. The summed E-state index contributed by atoms with van der Waals surface area (Å²) in [4.78, 5) is 0. The van der Waals surface area contributed by atoms with Gasteiger partial charge in [0.15, 0.2) is 0 Å². The first-order valence-electron chi connectivity index (χ1n) is 4.13. The predicted molar refractivity (Wildman–Crippen MR) is 59.6 cm³/mol. The molecular formula is C10H13IO. The van der Waals surface area contributed by atoms with E-state index in [9.17, 15) is 5.11 Å². The number of halogens is 1. The van der Waals surface area contributed by atoms with Crippen LogP contribution in [0.25, 0.3) is 0 Å². The molecule has 0 aliphatic carbocycles. The van der Waals surface area contributed by atoms with Crippen molar-refractivity contribution in [1.82, 2.24) is 0 Å². The minimum atomic E-state index is 0.416. The first kappa shape index (κ1) is 9.84. The Morgan fingerprint density at radius 1 is 1.42 bits per heavy atom. The average Bonchev–Trinajstić information content (AvgIpc) is 2.00. The Bertz CT molecular complexity index is 281. The Morgan fingerprint density at radius 3 is 2.67 bits per heavy atom. The summed E-state index contributed by atoms with van der Waals surface area (Å²) in [6.45, 7) is 4.16. The minimum absolute atomic E-state index is 0.416. The molecule has 0 bridgehead atoms. The molecule has 0 radical (unpaired) electrons. The third kappa shape index (κ3) is 2.12. The molecular weight excluding hydrogens is 263 g/mol. The van der Waals surface area contributed by atoms with E-state index in [1.807, 2.05) is 6.92 Å². The highest BCUT2D eigenvalue weighted by atomic mass is 127. The highest BCUT2D eigenvalue weighted by molar-refractivity contribution is 14.1. The fourth-order valence-corrected chi connectivity index (χ4v) is 1.86. The van der Waals surface area contributed by atoms with Gasteiger partial charge in [-0.05, 0) is 53.1 Å². The first-order valence-corrected chi connectivity index (χ1v) is 5.21. The zero-order valence-electron chi connectivity index (χ0n) is 7.39. The summed E-state index contributed by atoms with van der Waals surface area (Å²) in [5, 5.41) is 9.50. The van der Waals surface area contributed by atoms with Crippen LogP contribution < -0.4 is 0 Å². The van der Waals surface area contributed by atoms with E-state index in [2.05, 4.69) is 35.6 Å². The third-order valence-electron chi connectivity index (χ3n) is 1.79. The van der Waals surface area contributed by atoms with Gasteiger partial charge in [-0.3, -0.25) is 0 Å². The van der Waals surface area contributed by atoms with E-state index in [-0.39, 0.29) is 0 Å². The van der Waals surface area contributed by atoms with Gasteiger partial charge < -0.3 is 5.11 Å². The summed E-state index contributed by atoms with van der Waals surface area (Å²) >= 11 is 2.19. The number of hydrogen-bond acceptors (Lipinski definition) is 1. The quantitative estimate of drug-likeness (QED) is 0.822. The van der Waals surface area contributed by atoms with Crippen molar-refractivity contribution >= 4 is 22.6 Å². The van der Waals surface area contributed by atoms with Crippen LogP contribution in [0.5, 0.6) is 5.75 Å². The number of aryl methyl sites for hydroxylation is 2. The van der Waals surface area contributed by atoms with E-state index in [0.29, 0.717) is 5.75 Å². The summed E-state index contributed by atoms with van der Waals surface area (Å²) in [5.74, 6) is 0.416. The molecule has 0 saturated carbocycles. The number of phenols is 1. The second kappa shape index (κ2) is 4.12. The molecule has 0 saturated heterocycles. The molecule has 1 N–H and O–H groups in total. The summed E-state index contributed by atoms with van der Waals surface area (Å²) in [6.07, 6.45) is 2.17. The van der Waals surface area contributed by atoms with Crippen LogP contribution in [0.4, 0.5) is 0 Å². The molecule has 2 heteroatoms. The van der Waals surface area contributed by atoms with Crippen molar-refractivity contribution < 1.29 is 5.11 Å². The summed E-state index contributed by atoms with van der Waals surface area (Å²) in [6, 6.07) is 3.95. The Balaban J connectivity index is 3.09. The first-order chi connectivity index (χ1) is 5.65. The molecule has 1 aromatic carbocycles. The van der Waals surface area contributed by atoms with Crippen LogP contribution in [-0.4, -0.2) is 5.11 Å². The van der Waals surface area contributed by atoms with Gasteiger partial charge in [-0.1, -0.05) is 19.4 Å². The number of benzene rings is 1. The van der Waals surface area contributed by atoms with Crippen LogP contribution in [0.15, 0.2) is 12.1 Å². The van der Waals surface area contributed by atoms with E-state index >= 15 is 0 Å². The summed E-state index contributed by atoms with van der Waals surface area (Å²) in [5.41, 5.74) is 2.40. The molecule has 66 valence electrons. The monoisotopic (exact) mass is 276 g/mol. The van der Waals surface area contributed by atoms with Crippen LogP contribution in [0.1, 0.15) is 24.5 Å². The fourth-order valence-electron chi connectivity index (χ4n) is 1.27. The van der Waals surface area contributed by atoms with Crippen LogP contribution >= 0.6 is 22.6 Å². The molecule has 1 rings (SSSR count). The SMILES string of the molecule is CCCc1cc(C)cc(O)c1I. The molecule has 0 aliphatic rings. The molecule has 0 heterocycles.